The number of amides is 1. The molecule has 6 heteroatoms. The van der Waals surface area contributed by atoms with Gasteiger partial charge in [0.15, 0.2) is 0 Å². The normalized spacial score (nSPS) is 15.0. The standard InChI is InChI=1S/C28H35N3O2S/c1-27(2,3)20-7-9-21(10-8-20)34-22-11-12-24-23(19-22)25(13-14-29-24)30-15-17-31(18-16-30)26(32)33-28(4,5)6/h7-14,19H,15-18H2,1-6H3. The zero-order valence-corrected chi connectivity index (χ0v) is 21.9. The van der Waals surface area contributed by atoms with Crippen LogP contribution >= 0.6 is 11.8 Å². The Kier molecular flexibility index (Phi) is 6.81. The van der Waals surface area contributed by atoms with Gasteiger partial charge in [-0.05, 0) is 68.1 Å². The Labute approximate surface area is 207 Å². The number of fused-ring (bicyclic) bond motifs is 1. The first-order valence-corrected chi connectivity index (χ1v) is 12.7. The summed E-state index contributed by atoms with van der Waals surface area (Å²) < 4.78 is 5.54. The molecule has 0 atom stereocenters. The highest BCUT2D eigenvalue weighted by atomic mass is 32.2. The number of rotatable bonds is 3. The largest absolute Gasteiger partial charge is 0.444 e. The van der Waals surface area contributed by atoms with E-state index in [4.69, 9.17) is 4.74 Å². The summed E-state index contributed by atoms with van der Waals surface area (Å²) in [4.78, 5) is 23.6. The summed E-state index contributed by atoms with van der Waals surface area (Å²) in [5, 5.41) is 1.14. The van der Waals surface area contributed by atoms with Gasteiger partial charge in [-0.15, -0.1) is 0 Å². The molecule has 1 saturated heterocycles. The van der Waals surface area contributed by atoms with E-state index in [2.05, 4.69) is 79.2 Å². The summed E-state index contributed by atoms with van der Waals surface area (Å²) in [7, 11) is 0. The maximum atomic E-state index is 12.4. The van der Waals surface area contributed by atoms with Crippen LogP contribution in [-0.2, 0) is 10.2 Å². The molecule has 1 fully saturated rings. The Morgan fingerprint density at radius 1 is 0.882 bits per heavy atom. The number of anilines is 1. The highest BCUT2D eigenvalue weighted by Crippen LogP contribution is 2.34. The number of nitrogens with zero attached hydrogens (tertiary/aromatic N) is 3. The number of piperazine rings is 1. The second kappa shape index (κ2) is 9.49. The summed E-state index contributed by atoms with van der Waals surface area (Å²) in [5.74, 6) is 0. The number of carbonyl (C=O) groups excluding carboxylic acids is 1. The highest BCUT2D eigenvalue weighted by Gasteiger charge is 2.26. The van der Waals surface area contributed by atoms with Gasteiger partial charge in [-0.25, -0.2) is 4.79 Å². The lowest BCUT2D eigenvalue weighted by atomic mass is 9.87. The number of carbonyl (C=O) groups is 1. The predicted molar refractivity (Wildman–Crippen MR) is 141 cm³/mol. The molecule has 180 valence electrons. The predicted octanol–water partition coefficient (Wildman–Crippen LogP) is 6.74. The average molecular weight is 478 g/mol. The van der Waals surface area contributed by atoms with Crippen LogP contribution < -0.4 is 4.90 Å². The van der Waals surface area contributed by atoms with Gasteiger partial charge in [-0.2, -0.15) is 0 Å². The third-order valence-corrected chi connectivity index (χ3v) is 6.92. The molecule has 3 aromatic rings. The van der Waals surface area contributed by atoms with E-state index in [1.165, 1.54) is 21.0 Å². The van der Waals surface area contributed by atoms with Crippen molar-refractivity contribution in [3.63, 3.8) is 0 Å². The van der Waals surface area contributed by atoms with Gasteiger partial charge in [0.05, 0.1) is 5.52 Å². The lowest BCUT2D eigenvalue weighted by molar-refractivity contribution is 0.0240. The van der Waals surface area contributed by atoms with E-state index in [0.29, 0.717) is 13.1 Å². The molecule has 0 saturated carbocycles. The van der Waals surface area contributed by atoms with Crippen LogP contribution in [0.4, 0.5) is 10.5 Å². The molecule has 0 aliphatic carbocycles. The van der Waals surface area contributed by atoms with Crippen LogP contribution in [0.5, 0.6) is 0 Å². The Hall–Kier alpha value is -2.73. The van der Waals surface area contributed by atoms with Crippen molar-refractivity contribution in [1.29, 1.82) is 0 Å². The SMILES string of the molecule is CC(C)(C)OC(=O)N1CCN(c2ccnc3ccc(Sc4ccc(C(C)(C)C)cc4)cc23)CC1. The Bertz CT molecular complexity index is 1150. The maximum absolute atomic E-state index is 12.4. The van der Waals surface area contributed by atoms with Crippen LogP contribution in [0, 0.1) is 0 Å². The van der Waals surface area contributed by atoms with E-state index in [1.54, 1.807) is 16.7 Å². The molecular formula is C28H35N3O2S. The minimum Gasteiger partial charge on any atom is -0.444 e. The van der Waals surface area contributed by atoms with Crippen molar-refractivity contribution in [3.05, 3.63) is 60.3 Å². The third-order valence-electron chi connectivity index (χ3n) is 5.92. The highest BCUT2D eigenvalue weighted by molar-refractivity contribution is 7.99. The minimum absolute atomic E-state index is 0.153. The fourth-order valence-corrected chi connectivity index (χ4v) is 4.92. The second-order valence-corrected chi connectivity index (χ2v) is 12.0. The molecule has 2 aromatic carbocycles. The molecule has 0 unspecified atom stereocenters. The summed E-state index contributed by atoms with van der Waals surface area (Å²) in [6, 6.07) is 17.4. The molecule has 0 bridgehead atoms. The topological polar surface area (TPSA) is 45.7 Å². The molecule has 4 rings (SSSR count). The zero-order valence-electron chi connectivity index (χ0n) is 21.1. The van der Waals surface area contributed by atoms with Crippen molar-refractivity contribution in [2.45, 2.75) is 62.3 Å². The van der Waals surface area contributed by atoms with E-state index >= 15 is 0 Å². The van der Waals surface area contributed by atoms with Gasteiger partial charge in [0.25, 0.3) is 0 Å². The van der Waals surface area contributed by atoms with Gasteiger partial charge >= 0.3 is 6.09 Å². The number of hydrogen-bond acceptors (Lipinski definition) is 5. The van der Waals surface area contributed by atoms with E-state index in [9.17, 15) is 4.79 Å². The average Bonchev–Trinajstić information content (AvgIpc) is 2.77. The molecule has 1 amide bonds. The van der Waals surface area contributed by atoms with Gasteiger partial charge in [-0.3, -0.25) is 4.98 Å². The summed E-state index contributed by atoms with van der Waals surface area (Å²) in [5.41, 5.74) is 3.17. The van der Waals surface area contributed by atoms with Gasteiger partial charge in [0, 0.05) is 53.2 Å². The lowest BCUT2D eigenvalue weighted by Gasteiger charge is -2.37. The van der Waals surface area contributed by atoms with E-state index in [1.807, 2.05) is 27.0 Å². The molecule has 0 spiro atoms. The molecule has 5 nitrogen and oxygen atoms in total. The monoisotopic (exact) mass is 477 g/mol. The van der Waals surface area contributed by atoms with E-state index in [0.717, 1.165) is 24.0 Å². The number of hydrogen-bond donors (Lipinski definition) is 0. The van der Waals surface area contributed by atoms with Gasteiger partial charge in [-0.1, -0.05) is 44.7 Å². The van der Waals surface area contributed by atoms with Gasteiger partial charge in [0.1, 0.15) is 5.60 Å². The first-order chi connectivity index (χ1) is 16.0. The van der Waals surface area contributed by atoms with Crippen LogP contribution in [0.3, 0.4) is 0 Å². The van der Waals surface area contributed by atoms with Crippen LogP contribution in [0.2, 0.25) is 0 Å². The van der Waals surface area contributed by atoms with Crippen LogP contribution in [0.15, 0.2) is 64.5 Å². The molecule has 1 aliphatic rings. The van der Waals surface area contributed by atoms with Crippen molar-refractivity contribution in [1.82, 2.24) is 9.88 Å². The van der Waals surface area contributed by atoms with E-state index < -0.39 is 5.60 Å². The van der Waals surface area contributed by atoms with Crippen molar-refractivity contribution >= 4 is 34.4 Å². The Morgan fingerprint density at radius 3 is 2.15 bits per heavy atom. The first kappa shape index (κ1) is 24.4. The zero-order chi connectivity index (χ0) is 24.5. The molecule has 34 heavy (non-hydrogen) atoms. The fraction of sp³-hybridized carbons (Fsp3) is 0.429. The van der Waals surface area contributed by atoms with Crippen molar-refractivity contribution in [2.75, 3.05) is 31.1 Å². The van der Waals surface area contributed by atoms with Crippen molar-refractivity contribution in [3.8, 4) is 0 Å². The lowest BCUT2D eigenvalue weighted by Crippen LogP contribution is -2.50. The molecule has 0 radical (unpaired) electrons. The van der Waals surface area contributed by atoms with Gasteiger partial charge in [0.2, 0.25) is 0 Å². The summed E-state index contributed by atoms with van der Waals surface area (Å²) >= 11 is 1.77. The molecule has 2 heterocycles. The van der Waals surface area contributed by atoms with Crippen LogP contribution in [0.25, 0.3) is 10.9 Å². The molecule has 0 N–H and O–H groups in total. The fourth-order valence-electron chi connectivity index (χ4n) is 4.07. The first-order valence-electron chi connectivity index (χ1n) is 11.9. The summed E-state index contributed by atoms with van der Waals surface area (Å²) in [6.45, 7) is 15.2. The Balaban J connectivity index is 1.50. The number of aromatic nitrogens is 1. The minimum atomic E-state index is -0.476. The number of pyridine rings is 1. The van der Waals surface area contributed by atoms with Crippen LogP contribution in [-0.4, -0.2) is 47.8 Å². The molecule has 1 aliphatic heterocycles. The quantitative estimate of drug-likeness (QED) is 0.418. The summed E-state index contributed by atoms with van der Waals surface area (Å²) in [6.07, 6.45) is 1.64. The van der Waals surface area contributed by atoms with Crippen molar-refractivity contribution < 1.29 is 9.53 Å². The third kappa shape index (κ3) is 5.84. The van der Waals surface area contributed by atoms with Crippen LogP contribution in [0.1, 0.15) is 47.1 Å². The van der Waals surface area contributed by atoms with Crippen molar-refractivity contribution in [2.24, 2.45) is 0 Å². The molecular weight excluding hydrogens is 442 g/mol. The second-order valence-electron chi connectivity index (χ2n) is 10.8. The molecule has 1 aromatic heterocycles. The number of ether oxygens (including phenoxy) is 1. The Morgan fingerprint density at radius 2 is 1.53 bits per heavy atom. The number of benzene rings is 2. The van der Waals surface area contributed by atoms with Gasteiger partial charge < -0.3 is 14.5 Å². The smallest absolute Gasteiger partial charge is 0.410 e. The van der Waals surface area contributed by atoms with E-state index in [-0.39, 0.29) is 11.5 Å². The maximum Gasteiger partial charge on any atom is 0.410 e.